The van der Waals surface area contributed by atoms with Crippen molar-refractivity contribution < 1.29 is 28.2 Å². The van der Waals surface area contributed by atoms with Crippen molar-refractivity contribution in [2.24, 2.45) is 0 Å². The van der Waals surface area contributed by atoms with Crippen molar-refractivity contribution in [2.45, 2.75) is 6.61 Å². The maximum atomic E-state index is 14.3. The van der Waals surface area contributed by atoms with Crippen LogP contribution in [0.4, 0.5) is 14.9 Å². The number of ether oxygens (including phenoxy) is 2. The molecule has 0 spiro atoms. The fourth-order valence-corrected chi connectivity index (χ4v) is 3.91. The molecular weight excluding hydrogens is 498 g/mol. The van der Waals surface area contributed by atoms with Crippen LogP contribution in [0.1, 0.15) is 11.1 Å². The minimum atomic E-state index is -1.05. The molecule has 1 heterocycles. The van der Waals surface area contributed by atoms with E-state index in [1.165, 1.54) is 43.5 Å². The third-order valence-corrected chi connectivity index (χ3v) is 5.55. The van der Waals surface area contributed by atoms with Gasteiger partial charge in [0.1, 0.15) is 18.0 Å². The molecule has 4 amide bonds. The van der Waals surface area contributed by atoms with E-state index in [9.17, 15) is 18.8 Å². The maximum Gasteiger partial charge on any atom is 0.336 e. The topological polar surface area (TPSA) is 84.9 Å². The van der Waals surface area contributed by atoms with E-state index < -0.39 is 29.2 Å². The van der Waals surface area contributed by atoms with E-state index in [0.717, 1.165) is 11.6 Å². The molecule has 0 unspecified atom stereocenters. The average Bonchev–Trinajstić information content (AvgIpc) is 2.82. The summed E-state index contributed by atoms with van der Waals surface area (Å²) in [7, 11) is 1.41. The summed E-state index contributed by atoms with van der Waals surface area (Å²) in [5, 5.41) is 2.76. The standard InChI is InChI=1S/C25H17Cl2FN2O5/c1-34-21-12-15(11-18(27)22(21)35-13-14-5-4-6-16(26)9-14)10-17-23(31)29-25(33)30(24(17)32)20-8-3-2-7-19(20)28/h2-12H,13H2,1H3,(H,29,31,33)/b17-10-. The number of carbonyl (C=O) groups excluding carboxylic acids is 3. The van der Waals surface area contributed by atoms with Gasteiger partial charge in [0.15, 0.2) is 11.5 Å². The number of rotatable bonds is 6. The quantitative estimate of drug-likeness (QED) is 0.352. The van der Waals surface area contributed by atoms with Crippen LogP contribution in [0.15, 0.2) is 66.2 Å². The number of imide groups is 2. The van der Waals surface area contributed by atoms with Crippen molar-refractivity contribution in [3.05, 3.63) is 93.2 Å². The second-order valence-corrected chi connectivity index (χ2v) is 8.21. The minimum absolute atomic E-state index is 0.156. The highest BCUT2D eigenvalue weighted by atomic mass is 35.5. The normalized spacial score (nSPS) is 14.8. The van der Waals surface area contributed by atoms with Gasteiger partial charge in [-0.15, -0.1) is 0 Å². The number of anilines is 1. The number of carbonyl (C=O) groups is 3. The highest BCUT2D eigenvalue weighted by molar-refractivity contribution is 6.39. The molecule has 3 aromatic carbocycles. The third-order valence-electron chi connectivity index (χ3n) is 5.03. The van der Waals surface area contributed by atoms with Crippen LogP contribution in [-0.4, -0.2) is 25.0 Å². The second kappa shape index (κ2) is 10.2. The zero-order valence-electron chi connectivity index (χ0n) is 18.2. The van der Waals surface area contributed by atoms with Gasteiger partial charge in [-0.05, 0) is 53.6 Å². The number of nitrogens with one attached hydrogen (secondary N) is 1. The summed E-state index contributed by atoms with van der Waals surface area (Å²) in [6, 6.07) is 14.3. The summed E-state index contributed by atoms with van der Waals surface area (Å²) >= 11 is 12.4. The fourth-order valence-electron chi connectivity index (χ4n) is 3.42. The summed E-state index contributed by atoms with van der Waals surface area (Å²) in [6.45, 7) is 0.164. The molecule has 1 aliphatic heterocycles. The summed E-state index contributed by atoms with van der Waals surface area (Å²) in [4.78, 5) is 38.3. The lowest BCUT2D eigenvalue weighted by Crippen LogP contribution is -2.54. The first-order chi connectivity index (χ1) is 16.8. The zero-order chi connectivity index (χ0) is 25.1. The molecule has 0 aromatic heterocycles. The van der Waals surface area contributed by atoms with Gasteiger partial charge in [0, 0.05) is 5.02 Å². The van der Waals surface area contributed by atoms with Gasteiger partial charge >= 0.3 is 6.03 Å². The Morgan fingerprint density at radius 1 is 1.03 bits per heavy atom. The first kappa shape index (κ1) is 24.3. The van der Waals surface area contributed by atoms with Gasteiger partial charge in [-0.1, -0.05) is 47.5 Å². The van der Waals surface area contributed by atoms with Gasteiger partial charge in [0.25, 0.3) is 11.8 Å². The summed E-state index contributed by atoms with van der Waals surface area (Å²) in [5.74, 6) is -2.21. The Balaban J connectivity index is 1.65. The van der Waals surface area contributed by atoms with Crippen LogP contribution in [0, 0.1) is 5.82 Å². The van der Waals surface area contributed by atoms with E-state index in [1.54, 1.807) is 18.2 Å². The van der Waals surface area contributed by atoms with Crippen molar-refractivity contribution in [1.82, 2.24) is 5.32 Å². The van der Waals surface area contributed by atoms with Crippen molar-refractivity contribution in [3.8, 4) is 11.5 Å². The predicted octanol–water partition coefficient (Wildman–Crippen LogP) is 5.39. The molecule has 10 heteroatoms. The third kappa shape index (κ3) is 5.13. The maximum absolute atomic E-state index is 14.3. The van der Waals surface area contributed by atoms with Crippen LogP contribution in [0.3, 0.4) is 0 Å². The van der Waals surface area contributed by atoms with Gasteiger partial charge < -0.3 is 9.47 Å². The van der Waals surface area contributed by atoms with E-state index in [2.05, 4.69) is 0 Å². The van der Waals surface area contributed by atoms with Crippen LogP contribution in [-0.2, 0) is 16.2 Å². The molecule has 1 N–H and O–H groups in total. The Morgan fingerprint density at radius 2 is 1.80 bits per heavy atom. The molecule has 0 saturated carbocycles. The number of para-hydroxylation sites is 1. The SMILES string of the molecule is COc1cc(/C=C2/C(=O)NC(=O)N(c3ccccc3F)C2=O)cc(Cl)c1OCc1cccc(Cl)c1. The van der Waals surface area contributed by atoms with Crippen molar-refractivity contribution >= 4 is 52.8 Å². The lowest BCUT2D eigenvalue weighted by Gasteiger charge is -2.26. The summed E-state index contributed by atoms with van der Waals surface area (Å²) in [5.41, 5.74) is 0.458. The lowest BCUT2D eigenvalue weighted by atomic mass is 10.1. The molecule has 4 rings (SSSR count). The fraction of sp³-hybridized carbons (Fsp3) is 0.0800. The largest absolute Gasteiger partial charge is 0.493 e. The molecule has 0 atom stereocenters. The molecule has 7 nitrogen and oxygen atoms in total. The van der Waals surface area contributed by atoms with Crippen molar-refractivity contribution in [1.29, 1.82) is 0 Å². The zero-order valence-corrected chi connectivity index (χ0v) is 19.7. The van der Waals surface area contributed by atoms with Gasteiger partial charge in [-0.25, -0.2) is 14.1 Å². The number of benzene rings is 3. The molecular formula is C25H17Cl2FN2O5. The minimum Gasteiger partial charge on any atom is -0.493 e. The van der Waals surface area contributed by atoms with Gasteiger partial charge in [-0.3, -0.25) is 14.9 Å². The highest BCUT2D eigenvalue weighted by Crippen LogP contribution is 2.38. The highest BCUT2D eigenvalue weighted by Gasteiger charge is 2.38. The van der Waals surface area contributed by atoms with Gasteiger partial charge in [0.2, 0.25) is 0 Å². The Labute approximate surface area is 209 Å². The van der Waals surface area contributed by atoms with Gasteiger partial charge in [-0.2, -0.15) is 0 Å². The molecule has 35 heavy (non-hydrogen) atoms. The molecule has 0 aliphatic carbocycles. The number of amides is 4. The Hall–Kier alpha value is -3.88. The van der Waals surface area contributed by atoms with Crippen LogP contribution in [0.25, 0.3) is 6.08 Å². The second-order valence-electron chi connectivity index (χ2n) is 7.36. The number of hydrogen-bond acceptors (Lipinski definition) is 5. The monoisotopic (exact) mass is 514 g/mol. The lowest BCUT2D eigenvalue weighted by molar-refractivity contribution is -0.122. The number of halogens is 3. The molecule has 0 bridgehead atoms. The van der Waals surface area contributed by atoms with Gasteiger partial charge in [0.05, 0.1) is 17.8 Å². The van der Waals surface area contributed by atoms with Crippen LogP contribution in [0.2, 0.25) is 10.0 Å². The van der Waals surface area contributed by atoms with E-state index >= 15 is 0 Å². The molecule has 0 radical (unpaired) electrons. The van der Waals surface area contributed by atoms with Crippen molar-refractivity contribution in [3.63, 3.8) is 0 Å². The predicted molar refractivity (Wildman–Crippen MR) is 129 cm³/mol. The number of urea groups is 1. The van der Waals surface area contributed by atoms with E-state index in [4.69, 9.17) is 32.7 Å². The summed E-state index contributed by atoms with van der Waals surface area (Å²) in [6.07, 6.45) is 1.23. The van der Waals surface area contributed by atoms with Crippen LogP contribution in [0.5, 0.6) is 11.5 Å². The first-order valence-electron chi connectivity index (χ1n) is 10.2. The number of hydrogen-bond donors (Lipinski definition) is 1. The average molecular weight is 515 g/mol. The number of methoxy groups -OCH3 is 1. The smallest absolute Gasteiger partial charge is 0.336 e. The van der Waals surface area contributed by atoms with E-state index in [-0.39, 0.29) is 28.8 Å². The van der Waals surface area contributed by atoms with E-state index in [1.807, 2.05) is 11.4 Å². The Kier molecular flexibility index (Phi) is 7.04. The summed E-state index contributed by atoms with van der Waals surface area (Å²) < 4.78 is 25.4. The number of barbiturate groups is 1. The molecule has 1 fully saturated rings. The van der Waals surface area contributed by atoms with Crippen LogP contribution < -0.4 is 19.7 Å². The molecule has 178 valence electrons. The Morgan fingerprint density at radius 3 is 2.51 bits per heavy atom. The first-order valence-corrected chi connectivity index (χ1v) is 10.9. The van der Waals surface area contributed by atoms with Crippen LogP contribution >= 0.6 is 23.2 Å². The van der Waals surface area contributed by atoms with E-state index in [0.29, 0.717) is 15.5 Å². The van der Waals surface area contributed by atoms with Crippen molar-refractivity contribution in [2.75, 3.05) is 12.0 Å². The molecule has 3 aromatic rings. The molecule has 1 saturated heterocycles. The Bertz CT molecular complexity index is 1380. The number of nitrogens with zero attached hydrogens (tertiary/aromatic N) is 1. The molecule has 1 aliphatic rings.